The number of anilines is 1. The van der Waals surface area contributed by atoms with Gasteiger partial charge in [-0.15, -0.1) is 0 Å². The van der Waals surface area contributed by atoms with Crippen LogP contribution in [0.3, 0.4) is 0 Å². The van der Waals surface area contributed by atoms with Gasteiger partial charge >= 0.3 is 6.03 Å². The zero-order valence-corrected chi connectivity index (χ0v) is 18.1. The molecule has 1 saturated heterocycles. The van der Waals surface area contributed by atoms with Crippen molar-refractivity contribution in [1.82, 2.24) is 9.80 Å². The Morgan fingerprint density at radius 2 is 1.58 bits per heavy atom. The van der Waals surface area contributed by atoms with Crippen molar-refractivity contribution in [2.45, 2.75) is 13.0 Å². The highest BCUT2D eigenvalue weighted by atomic mass is 35.5. The zero-order valence-electron chi connectivity index (χ0n) is 17.4. The molecule has 3 aromatic carbocycles. The van der Waals surface area contributed by atoms with Crippen LogP contribution in [-0.4, -0.2) is 42.0 Å². The van der Waals surface area contributed by atoms with Crippen molar-refractivity contribution in [2.24, 2.45) is 0 Å². The number of hydrogen-bond donors (Lipinski definition) is 1. The summed E-state index contributed by atoms with van der Waals surface area (Å²) in [7, 11) is 0. The minimum Gasteiger partial charge on any atom is -0.322 e. The van der Waals surface area contributed by atoms with Crippen LogP contribution in [0, 0.1) is 12.7 Å². The summed E-state index contributed by atoms with van der Waals surface area (Å²) in [6.45, 7) is 4.43. The molecule has 4 rings (SSSR count). The predicted octanol–water partition coefficient (Wildman–Crippen LogP) is 5.73. The third-order valence-corrected chi connectivity index (χ3v) is 5.88. The largest absolute Gasteiger partial charge is 0.322 e. The summed E-state index contributed by atoms with van der Waals surface area (Å²) in [5.74, 6) is -0.426. The van der Waals surface area contributed by atoms with Gasteiger partial charge in [-0.1, -0.05) is 60.1 Å². The average Bonchev–Trinajstić information content (AvgIpc) is 2.79. The maximum Gasteiger partial charge on any atom is 0.322 e. The van der Waals surface area contributed by atoms with Gasteiger partial charge in [0.15, 0.2) is 0 Å². The lowest BCUT2D eigenvalue weighted by Gasteiger charge is -2.39. The van der Waals surface area contributed by atoms with Crippen LogP contribution in [0.15, 0.2) is 72.8 Å². The van der Waals surface area contributed by atoms with Crippen molar-refractivity contribution >= 4 is 23.3 Å². The summed E-state index contributed by atoms with van der Waals surface area (Å²) in [6, 6.07) is 22.8. The normalized spacial score (nSPS) is 15.5. The van der Waals surface area contributed by atoms with Gasteiger partial charge in [0.1, 0.15) is 5.82 Å². The zero-order chi connectivity index (χ0) is 21.8. The predicted molar refractivity (Wildman–Crippen MR) is 123 cm³/mol. The Morgan fingerprint density at radius 3 is 2.26 bits per heavy atom. The second-order valence-electron chi connectivity index (χ2n) is 7.80. The molecule has 31 heavy (non-hydrogen) atoms. The molecule has 0 aliphatic carbocycles. The summed E-state index contributed by atoms with van der Waals surface area (Å²) in [6.07, 6.45) is 0. The van der Waals surface area contributed by atoms with E-state index >= 15 is 0 Å². The van der Waals surface area contributed by atoms with E-state index in [1.807, 2.05) is 37.3 Å². The van der Waals surface area contributed by atoms with Crippen molar-refractivity contribution in [2.75, 3.05) is 31.5 Å². The van der Waals surface area contributed by atoms with E-state index in [0.717, 1.165) is 11.1 Å². The standard InChI is InChI=1S/C25H25ClFN3O/c1-18-7-12-22(27)23(17-18)28-25(31)30-15-13-29(14-16-30)24(19-5-3-2-4-6-19)20-8-10-21(26)11-9-20/h2-12,17,24H,13-16H2,1H3,(H,28,31). The number of halogens is 2. The lowest BCUT2D eigenvalue weighted by atomic mass is 9.96. The molecule has 1 atom stereocenters. The molecule has 1 unspecified atom stereocenters. The van der Waals surface area contributed by atoms with Gasteiger partial charge < -0.3 is 10.2 Å². The van der Waals surface area contributed by atoms with Gasteiger partial charge in [0.05, 0.1) is 11.7 Å². The van der Waals surface area contributed by atoms with Crippen LogP contribution in [0.25, 0.3) is 0 Å². The van der Waals surface area contributed by atoms with Gasteiger partial charge in [-0.25, -0.2) is 9.18 Å². The Balaban J connectivity index is 1.47. The SMILES string of the molecule is Cc1ccc(F)c(NC(=O)N2CCN(C(c3ccccc3)c3ccc(Cl)cc3)CC2)c1. The third kappa shape index (κ3) is 5.06. The molecular formula is C25H25ClFN3O. The number of carbonyl (C=O) groups excluding carboxylic acids is 1. The molecule has 2 amide bonds. The second-order valence-corrected chi connectivity index (χ2v) is 8.24. The van der Waals surface area contributed by atoms with E-state index in [-0.39, 0.29) is 17.8 Å². The molecule has 0 radical (unpaired) electrons. The molecule has 3 aromatic rings. The molecule has 1 fully saturated rings. The van der Waals surface area contributed by atoms with Gasteiger partial charge in [0, 0.05) is 31.2 Å². The van der Waals surface area contributed by atoms with Crippen LogP contribution in [0.2, 0.25) is 5.02 Å². The molecule has 0 spiro atoms. The number of urea groups is 1. The van der Waals surface area contributed by atoms with E-state index in [1.165, 1.54) is 11.6 Å². The van der Waals surface area contributed by atoms with E-state index in [1.54, 1.807) is 17.0 Å². The Kier molecular flexibility index (Phi) is 6.54. The molecule has 0 aromatic heterocycles. The number of nitrogens with one attached hydrogen (secondary N) is 1. The number of aryl methyl sites for hydroxylation is 1. The lowest BCUT2D eigenvalue weighted by Crippen LogP contribution is -2.51. The van der Waals surface area contributed by atoms with E-state index in [2.05, 4.69) is 34.5 Å². The van der Waals surface area contributed by atoms with Gasteiger partial charge in [-0.05, 0) is 47.9 Å². The van der Waals surface area contributed by atoms with Crippen molar-refractivity contribution in [3.05, 3.63) is 100 Å². The van der Waals surface area contributed by atoms with Crippen LogP contribution in [0.5, 0.6) is 0 Å². The van der Waals surface area contributed by atoms with Crippen molar-refractivity contribution in [1.29, 1.82) is 0 Å². The molecule has 6 heteroatoms. The van der Waals surface area contributed by atoms with Gasteiger partial charge in [-0.3, -0.25) is 4.90 Å². The molecular weight excluding hydrogens is 413 g/mol. The summed E-state index contributed by atoms with van der Waals surface area (Å²) in [5.41, 5.74) is 3.48. The minimum absolute atomic E-state index is 0.0814. The van der Waals surface area contributed by atoms with Crippen LogP contribution in [0.1, 0.15) is 22.7 Å². The third-order valence-electron chi connectivity index (χ3n) is 5.63. The highest BCUT2D eigenvalue weighted by molar-refractivity contribution is 6.30. The quantitative estimate of drug-likeness (QED) is 0.566. The average molecular weight is 438 g/mol. The lowest BCUT2D eigenvalue weighted by molar-refractivity contribution is 0.126. The van der Waals surface area contributed by atoms with Gasteiger partial charge in [-0.2, -0.15) is 0 Å². The van der Waals surface area contributed by atoms with Crippen molar-refractivity contribution in [3.8, 4) is 0 Å². The molecule has 1 N–H and O–H groups in total. The highest BCUT2D eigenvalue weighted by Gasteiger charge is 2.28. The number of benzene rings is 3. The molecule has 1 aliphatic rings. The second kappa shape index (κ2) is 9.50. The molecule has 1 heterocycles. The highest BCUT2D eigenvalue weighted by Crippen LogP contribution is 2.30. The number of amides is 2. The summed E-state index contributed by atoms with van der Waals surface area (Å²) < 4.78 is 14.0. The molecule has 4 nitrogen and oxygen atoms in total. The Bertz CT molecular complexity index is 1030. The fraction of sp³-hybridized carbons (Fsp3) is 0.240. The number of nitrogens with zero attached hydrogens (tertiary/aromatic N) is 2. The topological polar surface area (TPSA) is 35.6 Å². The number of rotatable bonds is 4. The van der Waals surface area contributed by atoms with E-state index < -0.39 is 5.82 Å². The minimum atomic E-state index is -0.426. The molecule has 0 saturated carbocycles. The Hall–Kier alpha value is -2.89. The number of carbonyl (C=O) groups is 1. The first-order valence-electron chi connectivity index (χ1n) is 10.4. The van der Waals surface area contributed by atoms with Gasteiger partial charge in [0.2, 0.25) is 0 Å². The number of piperazine rings is 1. The number of hydrogen-bond acceptors (Lipinski definition) is 2. The first-order valence-corrected chi connectivity index (χ1v) is 10.8. The van der Waals surface area contributed by atoms with Crippen LogP contribution in [0.4, 0.5) is 14.9 Å². The van der Waals surface area contributed by atoms with E-state index in [0.29, 0.717) is 31.2 Å². The van der Waals surface area contributed by atoms with Crippen molar-refractivity contribution < 1.29 is 9.18 Å². The van der Waals surface area contributed by atoms with Crippen LogP contribution >= 0.6 is 11.6 Å². The van der Waals surface area contributed by atoms with Crippen molar-refractivity contribution in [3.63, 3.8) is 0 Å². The molecule has 1 aliphatic heterocycles. The summed E-state index contributed by atoms with van der Waals surface area (Å²) in [5, 5.41) is 3.42. The molecule has 160 valence electrons. The summed E-state index contributed by atoms with van der Waals surface area (Å²) in [4.78, 5) is 16.8. The Labute approximate surface area is 187 Å². The van der Waals surface area contributed by atoms with E-state index in [4.69, 9.17) is 11.6 Å². The fourth-order valence-corrected chi connectivity index (χ4v) is 4.13. The maximum absolute atomic E-state index is 14.0. The monoisotopic (exact) mass is 437 g/mol. The van der Waals surface area contributed by atoms with Crippen LogP contribution < -0.4 is 5.32 Å². The summed E-state index contributed by atoms with van der Waals surface area (Å²) >= 11 is 6.10. The smallest absolute Gasteiger partial charge is 0.322 e. The van der Waals surface area contributed by atoms with E-state index in [9.17, 15) is 9.18 Å². The first kappa shape index (κ1) is 21.3. The maximum atomic E-state index is 14.0. The molecule has 0 bridgehead atoms. The fourth-order valence-electron chi connectivity index (χ4n) is 4.01. The Morgan fingerprint density at radius 1 is 0.935 bits per heavy atom. The first-order chi connectivity index (χ1) is 15.0. The van der Waals surface area contributed by atoms with Gasteiger partial charge in [0.25, 0.3) is 0 Å². The van der Waals surface area contributed by atoms with Crippen LogP contribution in [-0.2, 0) is 0 Å².